The van der Waals surface area contributed by atoms with Gasteiger partial charge in [-0.05, 0) is 35.4 Å². The first kappa shape index (κ1) is 13.9. The van der Waals surface area contributed by atoms with Gasteiger partial charge < -0.3 is 10.2 Å². The summed E-state index contributed by atoms with van der Waals surface area (Å²) >= 11 is 0. The van der Waals surface area contributed by atoms with Crippen LogP contribution in [0.4, 0.5) is 5.82 Å². The summed E-state index contributed by atoms with van der Waals surface area (Å²) in [6.07, 6.45) is 2.53. The molecule has 0 radical (unpaired) electrons. The number of rotatable bonds is 5. The van der Waals surface area contributed by atoms with Gasteiger partial charge in [0.15, 0.2) is 5.82 Å². The second-order valence-corrected chi connectivity index (χ2v) is 5.63. The molecule has 0 atom stereocenters. The summed E-state index contributed by atoms with van der Waals surface area (Å²) in [5.41, 5.74) is 2.33. The number of nitrogens with zero attached hydrogens (tertiary/aromatic N) is 6. The van der Waals surface area contributed by atoms with E-state index in [1.807, 2.05) is 29.2 Å². The zero-order valence-corrected chi connectivity index (χ0v) is 12.6. The molecule has 0 aliphatic carbocycles. The number of benzene rings is 1. The second kappa shape index (κ2) is 5.79. The quantitative estimate of drug-likeness (QED) is 0.710. The van der Waals surface area contributed by atoms with Crippen LogP contribution in [0.25, 0.3) is 16.7 Å². The molecule has 0 unspecified atom stereocenters. The molecule has 1 N–H and O–H groups in total. The Bertz CT molecular complexity index is 859. The normalized spacial score (nSPS) is 15.0. The number of hydrogen-bond donors (Lipinski definition) is 1. The van der Waals surface area contributed by atoms with Gasteiger partial charge >= 0.3 is 0 Å². The fourth-order valence-electron chi connectivity index (χ4n) is 2.94. The van der Waals surface area contributed by atoms with Crippen LogP contribution in [0.3, 0.4) is 0 Å². The number of fused-ring (bicyclic) bond motifs is 3. The van der Waals surface area contributed by atoms with Crippen LogP contribution in [0.5, 0.6) is 0 Å². The van der Waals surface area contributed by atoms with Crippen LogP contribution in [0.2, 0.25) is 0 Å². The Labute approximate surface area is 132 Å². The molecule has 1 aromatic carbocycles. The summed E-state index contributed by atoms with van der Waals surface area (Å²) in [6, 6.07) is 7.75. The minimum atomic E-state index is 0.262. The van der Waals surface area contributed by atoms with Crippen molar-refractivity contribution >= 4 is 28.4 Å². The van der Waals surface area contributed by atoms with Crippen molar-refractivity contribution in [2.75, 3.05) is 25.0 Å². The molecular formula is C15H17N7O. The third-order valence-corrected chi connectivity index (χ3v) is 4.09. The molecule has 23 heavy (non-hydrogen) atoms. The van der Waals surface area contributed by atoms with Crippen LogP contribution in [0.1, 0.15) is 19.3 Å². The lowest BCUT2D eigenvalue weighted by Crippen LogP contribution is -2.27. The Hall–Kier alpha value is -2.77. The van der Waals surface area contributed by atoms with Gasteiger partial charge in [-0.25, -0.2) is 4.98 Å². The predicted molar refractivity (Wildman–Crippen MR) is 85.0 cm³/mol. The number of anilines is 1. The first-order valence-corrected chi connectivity index (χ1v) is 7.81. The number of aromatic nitrogens is 5. The maximum atomic E-state index is 11.6. The van der Waals surface area contributed by atoms with Gasteiger partial charge in [0, 0.05) is 26.1 Å². The number of nitrogens with one attached hydrogen (secondary N) is 1. The van der Waals surface area contributed by atoms with Gasteiger partial charge in [0.2, 0.25) is 11.6 Å². The van der Waals surface area contributed by atoms with Crippen molar-refractivity contribution in [2.45, 2.75) is 19.3 Å². The molecule has 118 valence electrons. The van der Waals surface area contributed by atoms with Crippen LogP contribution in [0.15, 0.2) is 24.3 Å². The SMILES string of the molecule is O=C1CCCN1CCCNc1nc2ccccc2n2nnnc12. The summed E-state index contributed by atoms with van der Waals surface area (Å²) in [4.78, 5) is 18.1. The molecule has 1 fully saturated rings. The lowest BCUT2D eigenvalue weighted by Gasteiger charge is -2.15. The molecule has 0 bridgehead atoms. The van der Waals surface area contributed by atoms with Crippen LogP contribution < -0.4 is 5.32 Å². The number of carbonyl (C=O) groups is 1. The van der Waals surface area contributed by atoms with Crippen LogP contribution in [-0.2, 0) is 4.79 Å². The van der Waals surface area contributed by atoms with E-state index in [1.54, 1.807) is 4.52 Å². The zero-order valence-electron chi connectivity index (χ0n) is 12.6. The lowest BCUT2D eigenvalue weighted by atomic mass is 10.3. The highest BCUT2D eigenvalue weighted by Gasteiger charge is 2.19. The molecule has 1 amide bonds. The largest absolute Gasteiger partial charge is 0.367 e. The monoisotopic (exact) mass is 311 g/mol. The highest BCUT2D eigenvalue weighted by Crippen LogP contribution is 2.18. The highest BCUT2D eigenvalue weighted by atomic mass is 16.2. The molecule has 8 nitrogen and oxygen atoms in total. The minimum absolute atomic E-state index is 0.262. The standard InChI is InChI=1S/C15H17N7O/c23-13-7-3-9-21(13)10-4-8-16-14-15-18-19-20-22(15)12-6-2-1-5-11(12)17-14/h1-2,5-6H,3-4,7-10H2,(H,16,17). The van der Waals surface area contributed by atoms with Gasteiger partial charge in [0.25, 0.3) is 0 Å². The Morgan fingerprint density at radius 2 is 2.17 bits per heavy atom. The Morgan fingerprint density at radius 1 is 1.26 bits per heavy atom. The molecule has 0 spiro atoms. The van der Waals surface area contributed by atoms with E-state index in [1.165, 1.54) is 0 Å². The van der Waals surface area contributed by atoms with E-state index in [0.29, 0.717) is 17.9 Å². The van der Waals surface area contributed by atoms with Crippen molar-refractivity contribution in [3.8, 4) is 0 Å². The highest BCUT2D eigenvalue weighted by molar-refractivity contribution is 5.81. The lowest BCUT2D eigenvalue weighted by molar-refractivity contribution is -0.127. The average molecular weight is 311 g/mol. The first-order valence-electron chi connectivity index (χ1n) is 7.81. The fourth-order valence-corrected chi connectivity index (χ4v) is 2.94. The van der Waals surface area contributed by atoms with Gasteiger partial charge in [0.1, 0.15) is 0 Å². The first-order chi connectivity index (χ1) is 11.3. The topological polar surface area (TPSA) is 88.3 Å². The molecule has 1 aliphatic rings. The van der Waals surface area contributed by atoms with Crippen LogP contribution in [0, 0.1) is 0 Å². The molecule has 1 saturated heterocycles. The van der Waals surface area contributed by atoms with Crippen molar-refractivity contribution in [2.24, 2.45) is 0 Å². The van der Waals surface area contributed by atoms with E-state index in [2.05, 4.69) is 25.8 Å². The van der Waals surface area contributed by atoms with Crippen molar-refractivity contribution in [1.82, 2.24) is 29.9 Å². The van der Waals surface area contributed by atoms with Gasteiger partial charge in [-0.2, -0.15) is 4.52 Å². The van der Waals surface area contributed by atoms with Crippen molar-refractivity contribution in [3.05, 3.63) is 24.3 Å². The maximum absolute atomic E-state index is 11.6. The molecule has 0 saturated carbocycles. The summed E-state index contributed by atoms with van der Waals surface area (Å²) < 4.78 is 1.69. The number of amides is 1. The van der Waals surface area contributed by atoms with Gasteiger partial charge in [-0.15, -0.1) is 5.10 Å². The van der Waals surface area contributed by atoms with E-state index >= 15 is 0 Å². The third-order valence-electron chi connectivity index (χ3n) is 4.09. The Morgan fingerprint density at radius 3 is 3.04 bits per heavy atom. The van der Waals surface area contributed by atoms with Gasteiger partial charge in [-0.3, -0.25) is 4.79 Å². The van der Waals surface area contributed by atoms with Gasteiger partial charge in [-0.1, -0.05) is 12.1 Å². The van der Waals surface area contributed by atoms with E-state index in [0.717, 1.165) is 43.5 Å². The number of tetrazole rings is 1. The number of carbonyl (C=O) groups excluding carboxylic acids is 1. The van der Waals surface area contributed by atoms with Crippen molar-refractivity contribution in [3.63, 3.8) is 0 Å². The van der Waals surface area contributed by atoms with E-state index in [4.69, 9.17) is 0 Å². The number of likely N-dealkylation sites (tertiary alicyclic amines) is 1. The van der Waals surface area contributed by atoms with Crippen LogP contribution in [-0.4, -0.2) is 55.5 Å². The summed E-state index contributed by atoms with van der Waals surface area (Å²) in [6.45, 7) is 2.38. The third kappa shape index (κ3) is 2.56. The molecule has 8 heteroatoms. The molecule has 4 rings (SSSR count). The minimum Gasteiger partial charge on any atom is -0.367 e. The summed E-state index contributed by atoms with van der Waals surface area (Å²) in [5.74, 6) is 0.930. The molecule has 3 aromatic rings. The Kier molecular flexibility index (Phi) is 3.49. The zero-order chi connectivity index (χ0) is 15.6. The number of hydrogen-bond acceptors (Lipinski definition) is 6. The Balaban J connectivity index is 1.49. The smallest absolute Gasteiger partial charge is 0.222 e. The number of para-hydroxylation sites is 2. The average Bonchev–Trinajstić information content (AvgIpc) is 3.21. The maximum Gasteiger partial charge on any atom is 0.222 e. The van der Waals surface area contributed by atoms with E-state index in [-0.39, 0.29) is 5.91 Å². The van der Waals surface area contributed by atoms with Crippen molar-refractivity contribution in [1.29, 1.82) is 0 Å². The van der Waals surface area contributed by atoms with Crippen LogP contribution >= 0.6 is 0 Å². The fraction of sp³-hybridized carbons (Fsp3) is 0.400. The summed E-state index contributed by atoms with van der Waals surface area (Å²) in [7, 11) is 0. The predicted octanol–water partition coefficient (Wildman–Crippen LogP) is 1.10. The van der Waals surface area contributed by atoms with Crippen molar-refractivity contribution < 1.29 is 4.79 Å². The van der Waals surface area contributed by atoms with E-state index in [9.17, 15) is 4.79 Å². The molecule has 2 aromatic heterocycles. The molecule has 1 aliphatic heterocycles. The van der Waals surface area contributed by atoms with E-state index < -0.39 is 0 Å². The second-order valence-electron chi connectivity index (χ2n) is 5.63. The molecule has 3 heterocycles. The summed E-state index contributed by atoms with van der Waals surface area (Å²) in [5, 5.41) is 15.1. The molecular weight excluding hydrogens is 294 g/mol. The van der Waals surface area contributed by atoms with Gasteiger partial charge in [0.05, 0.1) is 11.0 Å².